The van der Waals surface area contributed by atoms with Crippen LogP contribution >= 0.6 is 0 Å². The topological polar surface area (TPSA) is 64.6 Å². The zero-order valence-corrected chi connectivity index (χ0v) is 14.3. The standard InChI is InChI=1S/C17H29NO4/c1-5-21-14(20)16-6-9-17(10-7-16,11-8-16)18-12-13(19)22-15(2,3)4/h18H,5-12H2,1-4H3. The normalized spacial score (nSPS) is 30.9. The van der Waals surface area contributed by atoms with Crippen molar-refractivity contribution < 1.29 is 19.1 Å². The summed E-state index contributed by atoms with van der Waals surface area (Å²) in [6.07, 6.45) is 5.34. The lowest BCUT2D eigenvalue weighted by Gasteiger charge is -2.52. The van der Waals surface area contributed by atoms with Gasteiger partial charge in [0.25, 0.3) is 0 Å². The highest BCUT2D eigenvalue weighted by Crippen LogP contribution is 2.52. The fourth-order valence-corrected chi connectivity index (χ4v) is 3.68. The maximum atomic E-state index is 12.2. The third-order valence-corrected chi connectivity index (χ3v) is 4.98. The van der Waals surface area contributed by atoms with E-state index in [1.165, 1.54) is 0 Å². The van der Waals surface area contributed by atoms with Crippen LogP contribution in [-0.2, 0) is 19.1 Å². The van der Waals surface area contributed by atoms with Gasteiger partial charge in [-0.3, -0.25) is 9.59 Å². The van der Waals surface area contributed by atoms with Gasteiger partial charge in [0, 0.05) is 5.54 Å². The minimum absolute atomic E-state index is 0.00878. The first-order valence-electron chi connectivity index (χ1n) is 8.34. The summed E-state index contributed by atoms with van der Waals surface area (Å²) >= 11 is 0. The van der Waals surface area contributed by atoms with E-state index in [2.05, 4.69) is 5.32 Å². The number of carbonyl (C=O) groups excluding carboxylic acids is 2. The fourth-order valence-electron chi connectivity index (χ4n) is 3.68. The number of esters is 2. The fraction of sp³-hybridized carbons (Fsp3) is 0.882. The Hall–Kier alpha value is -1.10. The molecule has 3 aliphatic rings. The van der Waals surface area contributed by atoms with Gasteiger partial charge in [-0.15, -0.1) is 0 Å². The molecular formula is C17H29NO4. The lowest BCUT2D eigenvalue weighted by atomic mass is 9.57. The molecule has 0 unspecified atom stereocenters. The van der Waals surface area contributed by atoms with E-state index in [4.69, 9.17) is 9.47 Å². The summed E-state index contributed by atoms with van der Waals surface area (Å²) in [6.45, 7) is 8.16. The molecule has 0 aromatic carbocycles. The summed E-state index contributed by atoms with van der Waals surface area (Å²) in [6, 6.07) is 0. The number of fused-ring (bicyclic) bond motifs is 3. The molecule has 0 saturated heterocycles. The first-order valence-corrected chi connectivity index (χ1v) is 8.34. The number of nitrogens with one attached hydrogen (secondary N) is 1. The minimum atomic E-state index is -0.450. The van der Waals surface area contributed by atoms with Crippen molar-refractivity contribution in [3.8, 4) is 0 Å². The van der Waals surface area contributed by atoms with Crippen LogP contribution in [-0.4, -0.2) is 36.2 Å². The van der Waals surface area contributed by atoms with E-state index >= 15 is 0 Å². The molecule has 5 nitrogen and oxygen atoms in total. The Morgan fingerprint density at radius 3 is 2.05 bits per heavy atom. The second-order valence-corrected chi connectivity index (χ2v) is 7.72. The predicted octanol–water partition coefficient (Wildman–Crippen LogP) is 2.57. The summed E-state index contributed by atoms with van der Waals surface area (Å²) in [5.41, 5.74) is -0.731. The monoisotopic (exact) mass is 311 g/mol. The van der Waals surface area contributed by atoms with E-state index < -0.39 is 5.60 Å². The number of hydrogen-bond acceptors (Lipinski definition) is 5. The first-order chi connectivity index (χ1) is 10.2. The average molecular weight is 311 g/mol. The molecule has 0 atom stereocenters. The predicted molar refractivity (Wildman–Crippen MR) is 83.3 cm³/mol. The van der Waals surface area contributed by atoms with Crippen LogP contribution in [0.2, 0.25) is 0 Å². The van der Waals surface area contributed by atoms with Crippen LogP contribution in [0.3, 0.4) is 0 Å². The Bertz CT molecular complexity index is 414. The molecule has 0 aromatic heterocycles. The summed E-state index contributed by atoms with van der Waals surface area (Å²) in [5.74, 6) is -0.245. The average Bonchev–Trinajstić information content (AvgIpc) is 2.46. The number of rotatable bonds is 5. The van der Waals surface area contributed by atoms with Crippen molar-refractivity contribution in [2.45, 2.75) is 77.4 Å². The van der Waals surface area contributed by atoms with E-state index in [0.29, 0.717) is 6.61 Å². The van der Waals surface area contributed by atoms with Crippen LogP contribution in [0.1, 0.15) is 66.2 Å². The molecule has 3 aliphatic carbocycles. The van der Waals surface area contributed by atoms with Gasteiger partial charge in [-0.25, -0.2) is 0 Å². The second kappa shape index (κ2) is 6.19. The Morgan fingerprint density at radius 1 is 1.05 bits per heavy atom. The summed E-state index contributed by atoms with van der Waals surface area (Å²) in [5, 5.41) is 3.41. The molecule has 0 spiro atoms. The molecule has 3 saturated carbocycles. The van der Waals surface area contributed by atoms with Gasteiger partial charge >= 0.3 is 11.9 Å². The SMILES string of the molecule is CCOC(=O)C12CCC(NCC(=O)OC(C)(C)C)(CC1)CC2. The van der Waals surface area contributed by atoms with E-state index in [-0.39, 0.29) is 29.4 Å². The van der Waals surface area contributed by atoms with Crippen LogP contribution in [0.5, 0.6) is 0 Å². The van der Waals surface area contributed by atoms with Gasteiger partial charge in [0.1, 0.15) is 5.60 Å². The van der Waals surface area contributed by atoms with Gasteiger partial charge in [0.05, 0.1) is 18.6 Å². The molecule has 0 aliphatic heterocycles. The zero-order chi connectivity index (χ0) is 16.4. The molecule has 0 radical (unpaired) electrons. The molecular weight excluding hydrogens is 282 g/mol. The highest BCUT2D eigenvalue weighted by Gasteiger charge is 2.53. The Kier molecular flexibility index (Phi) is 4.85. The second-order valence-electron chi connectivity index (χ2n) is 7.72. The Balaban J connectivity index is 1.87. The number of carbonyl (C=O) groups is 2. The van der Waals surface area contributed by atoms with E-state index in [9.17, 15) is 9.59 Å². The Labute approximate surface area is 133 Å². The molecule has 126 valence electrons. The molecule has 0 amide bonds. The number of ether oxygens (including phenoxy) is 2. The van der Waals surface area contributed by atoms with Gasteiger partial charge < -0.3 is 14.8 Å². The quantitative estimate of drug-likeness (QED) is 0.791. The molecule has 3 rings (SSSR count). The minimum Gasteiger partial charge on any atom is -0.466 e. The van der Waals surface area contributed by atoms with Crippen LogP contribution in [0.25, 0.3) is 0 Å². The van der Waals surface area contributed by atoms with E-state index in [1.807, 2.05) is 27.7 Å². The summed E-state index contributed by atoms with van der Waals surface area (Å²) in [4.78, 5) is 24.1. The van der Waals surface area contributed by atoms with Crippen molar-refractivity contribution in [1.82, 2.24) is 5.32 Å². The van der Waals surface area contributed by atoms with E-state index in [0.717, 1.165) is 38.5 Å². The van der Waals surface area contributed by atoms with Crippen LogP contribution in [0, 0.1) is 5.41 Å². The third kappa shape index (κ3) is 3.80. The van der Waals surface area contributed by atoms with Gasteiger partial charge in [-0.05, 0) is 66.2 Å². The third-order valence-electron chi connectivity index (χ3n) is 4.98. The van der Waals surface area contributed by atoms with E-state index in [1.54, 1.807) is 0 Å². The van der Waals surface area contributed by atoms with Crippen LogP contribution in [0.4, 0.5) is 0 Å². The highest BCUT2D eigenvalue weighted by atomic mass is 16.6. The van der Waals surface area contributed by atoms with Crippen molar-refractivity contribution in [1.29, 1.82) is 0 Å². The summed E-state index contributed by atoms with van der Waals surface area (Å²) in [7, 11) is 0. The van der Waals surface area contributed by atoms with Gasteiger partial charge in [0.15, 0.2) is 0 Å². The maximum absolute atomic E-state index is 12.2. The molecule has 0 aromatic rings. The zero-order valence-electron chi connectivity index (χ0n) is 14.3. The first kappa shape index (κ1) is 17.3. The smallest absolute Gasteiger partial charge is 0.320 e. The molecule has 22 heavy (non-hydrogen) atoms. The number of hydrogen-bond donors (Lipinski definition) is 1. The lowest BCUT2D eigenvalue weighted by Crippen LogP contribution is -2.58. The van der Waals surface area contributed by atoms with Crippen LogP contribution in [0.15, 0.2) is 0 Å². The molecule has 0 heterocycles. The van der Waals surface area contributed by atoms with Crippen molar-refractivity contribution >= 4 is 11.9 Å². The summed E-state index contributed by atoms with van der Waals surface area (Å²) < 4.78 is 10.6. The Morgan fingerprint density at radius 2 is 1.59 bits per heavy atom. The van der Waals surface area contributed by atoms with Gasteiger partial charge in [-0.2, -0.15) is 0 Å². The molecule has 1 N–H and O–H groups in total. The molecule has 3 fully saturated rings. The van der Waals surface area contributed by atoms with Crippen molar-refractivity contribution in [2.24, 2.45) is 5.41 Å². The van der Waals surface area contributed by atoms with Gasteiger partial charge in [-0.1, -0.05) is 0 Å². The highest BCUT2D eigenvalue weighted by molar-refractivity contribution is 5.77. The van der Waals surface area contributed by atoms with Crippen molar-refractivity contribution in [3.63, 3.8) is 0 Å². The molecule has 5 heteroatoms. The van der Waals surface area contributed by atoms with Crippen molar-refractivity contribution in [3.05, 3.63) is 0 Å². The maximum Gasteiger partial charge on any atom is 0.320 e. The largest absolute Gasteiger partial charge is 0.466 e. The van der Waals surface area contributed by atoms with Crippen LogP contribution < -0.4 is 5.32 Å². The van der Waals surface area contributed by atoms with Gasteiger partial charge in [0.2, 0.25) is 0 Å². The molecule has 2 bridgehead atoms. The van der Waals surface area contributed by atoms with Crippen molar-refractivity contribution in [2.75, 3.05) is 13.2 Å². The lowest BCUT2D eigenvalue weighted by molar-refractivity contribution is -0.164.